The number of benzene rings is 1. The minimum absolute atomic E-state index is 0.289. The Bertz CT molecular complexity index is 551. The van der Waals surface area contributed by atoms with Gasteiger partial charge in [0.25, 0.3) is 0 Å². The summed E-state index contributed by atoms with van der Waals surface area (Å²) in [4.78, 5) is 4.29. The third kappa shape index (κ3) is 2.40. The molecule has 5 heteroatoms. The van der Waals surface area contributed by atoms with Gasteiger partial charge in [-0.3, -0.25) is 0 Å². The maximum atomic E-state index is 13.8. The molecule has 0 unspecified atom stereocenters. The smallest absolute Gasteiger partial charge is 0.155 e. The lowest BCUT2D eigenvalue weighted by Gasteiger charge is -2.07. The van der Waals surface area contributed by atoms with Crippen LogP contribution in [0.25, 0.3) is 11.3 Å². The van der Waals surface area contributed by atoms with Crippen LogP contribution < -0.4 is 5.32 Å². The molecule has 1 aromatic heterocycles. The first-order chi connectivity index (χ1) is 8.65. The zero-order chi connectivity index (χ0) is 13.1. The average molecular weight is 268 g/mol. The summed E-state index contributed by atoms with van der Waals surface area (Å²) in [6.45, 7) is 0.803. The molecule has 18 heavy (non-hydrogen) atoms. The number of nitrogens with zero attached hydrogens (tertiary/aromatic N) is 2. The van der Waals surface area contributed by atoms with E-state index < -0.39 is 0 Å². The number of likely N-dealkylation sites (N-methyl/N-ethyl adjacent to an activating group) is 1. The summed E-state index contributed by atoms with van der Waals surface area (Å²) in [5.74, 6) is 0.551. The van der Waals surface area contributed by atoms with Gasteiger partial charge in [-0.1, -0.05) is 23.7 Å². The van der Waals surface area contributed by atoms with Crippen molar-refractivity contribution in [2.45, 2.75) is 6.42 Å². The van der Waals surface area contributed by atoms with Crippen molar-refractivity contribution in [3.8, 4) is 11.3 Å². The molecule has 2 aromatic rings. The second kappa shape index (κ2) is 5.50. The number of imidazole rings is 1. The molecule has 0 amide bonds. The fourth-order valence-electron chi connectivity index (χ4n) is 1.91. The first kappa shape index (κ1) is 13.1. The molecule has 96 valence electrons. The molecule has 0 spiro atoms. The predicted octanol–water partition coefficient (Wildman–Crippen LogP) is 2.64. The lowest BCUT2D eigenvalue weighted by atomic mass is 10.1. The van der Waals surface area contributed by atoms with Gasteiger partial charge in [-0.05, 0) is 19.2 Å². The number of hydrogen-bond donors (Lipinski definition) is 1. The molecule has 3 nitrogen and oxygen atoms in total. The Hall–Kier alpha value is -1.39. The molecule has 0 bridgehead atoms. The van der Waals surface area contributed by atoms with Crippen LogP contribution in [0.2, 0.25) is 5.15 Å². The van der Waals surface area contributed by atoms with Gasteiger partial charge >= 0.3 is 0 Å². The number of halogens is 2. The van der Waals surface area contributed by atoms with Crippen LogP contribution in [0.3, 0.4) is 0 Å². The molecule has 0 radical (unpaired) electrons. The Morgan fingerprint density at radius 3 is 2.78 bits per heavy atom. The minimum atomic E-state index is -0.289. The van der Waals surface area contributed by atoms with Gasteiger partial charge in [0.1, 0.15) is 11.6 Å². The van der Waals surface area contributed by atoms with Gasteiger partial charge in [-0.15, -0.1) is 0 Å². The van der Waals surface area contributed by atoms with Gasteiger partial charge < -0.3 is 9.88 Å². The SMILES string of the molecule is CNCCc1nc(Cl)c(-c2ccccc2F)n1C. The monoisotopic (exact) mass is 267 g/mol. The highest BCUT2D eigenvalue weighted by atomic mass is 35.5. The molecule has 0 aliphatic carbocycles. The topological polar surface area (TPSA) is 29.9 Å². The molecule has 1 N–H and O–H groups in total. The van der Waals surface area contributed by atoms with Crippen LogP contribution in [0, 0.1) is 5.82 Å². The van der Waals surface area contributed by atoms with Crippen molar-refractivity contribution < 1.29 is 4.39 Å². The first-order valence-electron chi connectivity index (χ1n) is 5.75. The van der Waals surface area contributed by atoms with E-state index in [2.05, 4.69) is 10.3 Å². The van der Waals surface area contributed by atoms with Crippen molar-refractivity contribution in [3.05, 3.63) is 41.1 Å². The lowest BCUT2D eigenvalue weighted by molar-refractivity contribution is 0.629. The van der Waals surface area contributed by atoms with Crippen molar-refractivity contribution in [2.24, 2.45) is 7.05 Å². The molecule has 0 aliphatic heterocycles. The van der Waals surface area contributed by atoms with E-state index in [-0.39, 0.29) is 5.82 Å². The highest BCUT2D eigenvalue weighted by Crippen LogP contribution is 2.29. The van der Waals surface area contributed by atoms with Crippen LogP contribution in [0.1, 0.15) is 5.82 Å². The summed E-state index contributed by atoms with van der Waals surface area (Å²) in [5.41, 5.74) is 1.11. The number of aromatic nitrogens is 2. The van der Waals surface area contributed by atoms with Crippen molar-refractivity contribution in [3.63, 3.8) is 0 Å². The van der Waals surface area contributed by atoms with Gasteiger partial charge in [-0.25, -0.2) is 9.37 Å². The maximum Gasteiger partial charge on any atom is 0.155 e. The van der Waals surface area contributed by atoms with E-state index in [1.807, 2.05) is 18.7 Å². The van der Waals surface area contributed by atoms with Gasteiger partial charge in [0.15, 0.2) is 5.15 Å². The molecule has 0 aliphatic rings. The fraction of sp³-hybridized carbons (Fsp3) is 0.308. The van der Waals surface area contributed by atoms with E-state index in [1.165, 1.54) is 6.07 Å². The quantitative estimate of drug-likeness (QED) is 0.923. The zero-order valence-electron chi connectivity index (χ0n) is 10.4. The van der Waals surface area contributed by atoms with Crippen molar-refractivity contribution in [1.82, 2.24) is 14.9 Å². The van der Waals surface area contributed by atoms with Crippen LogP contribution in [-0.4, -0.2) is 23.1 Å². The Morgan fingerprint density at radius 1 is 1.39 bits per heavy atom. The predicted molar refractivity (Wildman–Crippen MR) is 71.2 cm³/mol. The summed E-state index contributed by atoms with van der Waals surface area (Å²) in [5, 5.41) is 3.39. The van der Waals surface area contributed by atoms with E-state index in [0.717, 1.165) is 18.8 Å². The largest absolute Gasteiger partial charge is 0.330 e. The maximum absolute atomic E-state index is 13.8. The summed E-state index contributed by atoms with van der Waals surface area (Å²) in [7, 11) is 3.73. The number of rotatable bonds is 4. The molecular weight excluding hydrogens is 253 g/mol. The zero-order valence-corrected chi connectivity index (χ0v) is 11.1. The first-order valence-corrected chi connectivity index (χ1v) is 6.13. The molecule has 0 saturated carbocycles. The normalized spacial score (nSPS) is 10.9. The van der Waals surface area contributed by atoms with E-state index in [1.54, 1.807) is 18.2 Å². The second-order valence-electron chi connectivity index (χ2n) is 4.06. The lowest BCUT2D eigenvalue weighted by Crippen LogP contribution is -2.13. The molecule has 0 saturated heterocycles. The Morgan fingerprint density at radius 2 is 2.11 bits per heavy atom. The van der Waals surface area contributed by atoms with Gasteiger partial charge in [-0.2, -0.15) is 0 Å². The Kier molecular flexibility index (Phi) is 3.99. The standard InChI is InChI=1S/C13H15ClFN3/c1-16-8-7-11-17-13(14)12(18(11)2)9-5-3-4-6-10(9)15/h3-6,16H,7-8H2,1-2H3. The third-order valence-electron chi connectivity index (χ3n) is 2.87. The average Bonchev–Trinajstić information content (AvgIpc) is 2.63. The van der Waals surface area contributed by atoms with Crippen molar-refractivity contribution in [1.29, 1.82) is 0 Å². The number of hydrogen-bond acceptors (Lipinski definition) is 2. The number of nitrogens with one attached hydrogen (secondary N) is 1. The van der Waals surface area contributed by atoms with Crippen LogP contribution in [-0.2, 0) is 13.5 Å². The van der Waals surface area contributed by atoms with Crippen LogP contribution in [0.5, 0.6) is 0 Å². The Balaban J connectivity index is 2.46. The summed E-state index contributed by atoms with van der Waals surface area (Å²) in [6, 6.07) is 6.58. The highest BCUT2D eigenvalue weighted by Gasteiger charge is 2.17. The van der Waals surface area contributed by atoms with Gasteiger partial charge in [0.05, 0.1) is 5.69 Å². The molecule has 1 heterocycles. The van der Waals surface area contributed by atoms with E-state index >= 15 is 0 Å². The minimum Gasteiger partial charge on any atom is -0.330 e. The van der Waals surface area contributed by atoms with Crippen LogP contribution >= 0.6 is 11.6 Å². The molecule has 0 fully saturated rings. The summed E-state index contributed by atoms with van der Waals surface area (Å²) in [6.07, 6.45) is 0.751. The molecule has 0 atom stereocenters. The molecule has 1 aromatic carbocycles. The van der Waals surface area contributed by atoms with Crippen LogP contribution in [0.15, 0.2) is 24.3 Å². The summed E-state index contributed by atoms with van der Waals surface area (Å²) >= 11 is 6.12. The fourth-order valence-corrected chi connectivity index (χ4v) is 2.24. The van der Waals surface area contributed by atoms with Crippen molar-refractivity contribution in [2.75, 3.05) is 13.6 Å². The Labute approximate surface area is 111 Å². The molecular formula is C13H15ClFN3. The third-order valence-corrected chi connectivity index (χ3v) is 3.14. The van der Waals surface area contributed by atoms with Crippen molar-refractivity contribution >= 4 is 11.6 Å². The van der Waals surface area contributed by atoms with E-state index in [9.17, 15) is 4.39 Å². The second-order valence-corrected chi connectivity index (χ2v) is 4.42. The van der Waals surface area contributed by atoms with Gasteiger partial charge in [0.2, 0.25) is 0 Å². The van der Waals surface area contributed by atoms with E-state index in [0.29, 0.717) is 16.4 Å². The highest BCUT2D eigenvalue weighted by molar-refractivity contribution is 6.32. The van der Waals surface area contributed by atoms with E-state index in [4.69, 9.17) is 11.6 Å². The van der Waals surface area contributed by atoms with Crippen LogP contribution in [0.4, 0.5) is 4.39 Å². The molecule has 2 rings (SSSR count). The summed E-state index contributed by atoms with van der Waals surface area (Å²) < 4.78 is 15.6. The van der Waals surface area contributed by atoms with Gasteiger partial charge in [0, 0.05) is 25.6 Å².